The summed E-state index contributed by atoms with van der Waals surface area (Å²) in [7, 11) is 0. The minimum absolute atomic E-state index is 0.121. The zero-order valence-electron chi connectivity index (χ0n) is 17.6. The Morgan fingerprint density at radius 3 is 2.41 bits per heavy atom. The van der Waals surface area contributed by atoms with E-state index >= 15 is 0 Å². The van der Waals surface area contributed by atoms with Crippen molar-refractivity contribution in [1.29, 1.82) is 0 Å². The second kappa shape index (κ2) is 8.55. The number of aryl methyl sites for hydroxylation is 2. The number of imide groups is 2. The average molecular weight is 560 g/mol. The third kappa shape index (κ3) is 3.98. The molecule has 4 amide bonds. The molecule has 0 unspecified atom stereocenters. The van der Waals surface area contributed by atoms with Gasteiger partial charge in [-0.2, -0.15) is 0 Å². The highest BCUT2D eigenvalue weighted by Crippen LogP contribution is 2.28. The van der Waals surface area contributed by atoms with Gasteiger partial charge in [0, 0.05) is 25.7 Å². The van der Waals surface area contributed by atoms with Crippen molar-refractivity contribution in [3.05, 3.63) is 85.2 Å². The second-order valence-electron chi connectivity index (χ2n) is 7.53. The van der Waals surface area contributed by atoms with Gasteiger partial charge < -0.3 is 4.57 Å². The molecule has 1 aromatic heterocycles. The molecular formula is C24H19ClIN3O3. The first-order valence-corrected chi connectivity index (χ1v) is 11.3. The van der Waals surface area contributed by atoms with Gasteiger partial charge in [0.1, 0.15) is 5.57 Å². The Balaban J connectivity index is 1.77. The Bertz CT molecular complexity index is 1330. The first-order valence-electron chi connectivity index (χ1n) is 9.80. The maximum absolute atomic E-state index is 13.2. The Labute approximate surface area is 204 Å². The highest BCUT2D eigenvalue weighted by atomic mass is 127. The Morgan fingerprint density at radius 1 is 0.969 bits per heavy atom. The van der Waals surface area contributed by atoms with Gasteiger partial charge in [0.2, 0.25) is 0 Å². The number of amides is 4. The van der Waals surface area contributed by atoms with E-state index in [9.17, 15) is 14.4 Å². The fourth-order valence-corrected chi connectivity index (χ4v) is 4.42. The number of nitrogens with zero attached hydrogens (tertiary/aromatic N) is 2. The van der Waals surface area contributed by atoms with Crippen molar-refractivity contribution in [1.82, 2.24) is 9.88 Å². The normalized spacial score (nSPS) is 15.5. The molecule has 2 heterocycles. The first-order chi connectivity index (χ1) is 15.2. The molecule has 0 bridgehead atoms. The van der Waals surface area contributed by atoms with Crippen LogP contribution >= 0.6 is 34.2 Å². The molecule has 3 aromatic rings. The minimum Gasteiger partial charge on any atom is -0.318 e. The predicted molar refractivity (Wildman–Crippen MR) is 133 cm³/mol. The van der Waals surface area contributed by atoms with Gasteiger partial charge in [0.25, 0.3) is 11.8 Å². The Morgan fingerprint density at radius 2 is 1.72 bits per heavy atom. The van der Waals surface area contributed by atoms with Crippen LogP contribution in [0.5, 0.6) is 0 Å². The molecule has 1 aliphatic rings. The molecule has 0 aliphatic carbocycles. The van der Waals surface area contributed by atoms with E-state index in [0.29, 0.717) is 10.7 Å². The van der Waals surface area contributed by atoms with Crippen molar-refractivity contribution in [2.75, 3.05) is 4.90 Å². The highest BCUT2D eigenvalue weighted by molar-refractivity contribution is 14.1. The summed E-state index contributed by atoms with van der Waals surface area (Å²) in [5.74, 6) is -1.42. The van der Waals surface area contributed by atoms with Gasteiger partial charge in [-0.25, -0.2) is 9.69 Å². The number of barbiturate groups is 1. The van der Waals surface area contributed by atoms with E-state index in [1.165, 1.54) is 12.1 Å². The molecule has 32 heavy (non-hydrogen) atoms. The molecule has 162 valence electrons. The van der Waals surface area contributed by atoms with E-state index in [1.54, 1.807) is 12.1 Å². The number of benzene rings is 2. The summed E-state index contributed by atoms with van der Waals surface area (Å²) in [6.07, 6.45) is 1.53. The Kier molecular flexibility index (Phi) is 5.96. The summed E-state index contributed by atoms with van der Waals surface area (Å²) in [4.78, 5) is 39.1. The smallest absolute Gasteiger partial charge is 0.318 e. The van der Waals surface area contributed by atoms with Crippen molar-refractivity contribution < 1.29 is 14.4 Å². The number of halogens is 2. The summed E-state index contributed by atoms with van der Waals surface area (Å²) in [5.41, 5.74) is 4.53. The monoisotopic (exact) mass is 559 g/mol. The molecule has 0 radical (unpaired) electrons. The van der Waals surface area contributed by atoms with E-state index in [2.05, 4.69) is 38.5 Å². The van der Waals surface area contributed by atoms with Gasteiger partial charge >= 0.3 is 6.03 Å². The lowest BCUT2D eigenvalue weighted by molar-refractivity contribution is -0.122. The second-order valence-corrected chi connectivity index (χ2v) is 9.19. The van der Waals surface area contributed by atoms with Gasteiger partial charge in [-0.15, -0.1) is 0 Å². The summed E-state index contributed by atoms with van der Waals surface area (Å²) < 4.78 is 3.16. The van der Waals surface area contributed by atoms with Gasteiger partial charge in [0.05, 0.1) is 5.69 Å². The average Bonchev–Trinajstić information content (AvgIpc) is 3.00. The fourth-order valence-electron chi connectivity index (χ4n) is 3.71. The predicted octanol–water partition coefficient (Wildman–Crippen LogP) is 5.33. The van der Waals surface area contributed by atoms with Crippen LogP contribution in [-0.2, 0) is 9.59 Å². The molecule has 6 nitrogen and oxygen atoms in total. The molecule has 1 saturated heterocycles. The highest BCUT2D eigenvalue weighted by Gasteiger charge is 2.37. The standard InChI is InChI=1S/C24H19ClIN3O3/c1-13-7-8-19(12-21(13)25)29-23(31)20(22(30)27-24(29)32)10-16-9-14(2)28(15(16)3)18-6-4-5-17(26)11-18/h4-12H,1-3H3,(H,27,30,32)/b20-10-. The molecule has 2 aromatic carbocycles. The van der Waals surface area contributed by atoms with E-state index in [-0.39, 0.29) is 5.57 Å². The quantitative estimate of drug-likeness (QED) is 0.268. The number of anilines is 1. The molecule has 0 saturated carbocycles. The van der Waals surface area contributed by atoms with Crippen molar-refractivity contribution in [2.45, 2.75) is 20.8 Å². The van der Waals surface area contributed by atoms with Gasteiger partial charge in [-0.3, -0.25) is 14.9 Å². The van der Waals surface area contributed by atoms with Crippen LogP contribution in [0.15, 0.2) is 54.1 Å². The first kappa shape index (κ1) is 22.3. The lowest BCUT2D eigenvalue weighted by atomic mass is 10.1. The van der Waals surface area contributed by atoms with Crippen LogP contribution < -0.4 is 10.2 Å². The van der Waals surface area contributed by atoms with E-state index in [4.69, 9.17) is 11.6 Å². The fraction of sp³-hybridized carbons (Fsp3) is 0.125. The number of hydrogen-bond donors (Lipinski definition) is 1. The number of carbonyl (C=O) groups is 3. The van der Waals surface area contributed by atoms with Gasteiger partial charge in [-0.05, 0) is 97.0 Å². The number of rotatable bonds is 3. The molecule has 0 spiro atoms. The summed E-state index contributed by atoms with van der Waals surface area (Å²) in [6, 6.07) is 14.0. The van der Waals surface area contributed by atoms with Gasteiger partial charge in [0.15, 0.2) is 0 Å². The summed E-state index contributed by atoms with van der Waals surface area (Å²) in [5, 5.41) is 2.67. The van der Waals surface area contributed by atoms with Crippen molar-refractivity contribution in [2.24, 2.45) is 0 Å². The SMILES string of the molecule is Cc1ccc(N2C(=O)NC(=O)/C(=C/c3cc(C)n(-c4cccc(I)c4)c3C)C2=O)cc1Cl. The van der Waals surface area contributed by atoms with Crippen molar-refractivity contribution >= 4 is 63.8 Å². The van der Waals surface area contributed by atoms with Crippen LogP contribution in [0.2, 0.25) is 5.02 Å². The number of urea groups is 1. The van der Waals surface area contributed by atoms with Crippen LogP contribution in [-0.4, -0.2) is 22.4 Å². The summed E-state index contributed by atoms with van der Waals surface area (Å²) in [6.45, 7) is 5.71. The topological polar surface area (TPSA) is 71.4 Å². The lowest BCUT2D eigenvalue weighted by Crippen LogP contribution is -2.54. The number of carbonyl (C=O) groups excluding carboxylic acids is 3. The number of nitrogens with one attached hydrogen (secondary N) is 1. The van der Waals surface area contributed by atoms with E-state index in [1.807, 2.05) is 45.0 Å². The number of aromatic nitrogens is 1. The minimum atomic E-state index is -0.804. The maximum Gasteiger partial charge on any atom is 0.335 e. The van der Waals surface area contributed by atoms with E-state index < -0.39 is 17.8 Å². The van der Waals surface area contributed by atoms with Crippen molar-refractivity contribution in [3.63, 3.8) is 0 Å². The van der Waals surface area contributed by atoms with Crippen LogP contribution in [0, 0.1) is 24.3 Å². The molecule has 1 fully saturated rings. The van der Waals surface area contributed by atoms with Crippen molar-refractivity contribution in [3.8, 4) is 5.69 Å². The molecule has 1 N–H and O–H groups in total. The lowest BCUT2D eigenvalue weighted by Gasteiger charge is -2.26. The number of hydrogen-bond acceptors (Lipinski definition) is 3. The zero-order chi connectivity index (χ0) is 23.2. The van der Waals surface area contributed by atoms with Gasteiger partial charge in [-0.1, -0.05) is 23.7 Å². The maximum atomic E-state index is 13.2. The molecule has 8 heteroatoms. The molecule has 0 atom stereocenters. The molecular weight excluding hydrogens is 541 g/mol. The molecule has 1 aliphatic heterocycles. The third-order valence-corrected chi connectivity index (χ3v) is 6.43. The van der Waals surface area contributed by atoms with Crippen LogP contribution in [0.3, 0.4) is 0 Å². The molecule has 4 rings (SSSR count). The van der Waals surface area contributed by atoms with E-state index in [0.717, 1.165) is 36.7 Å². The van der Waals surface area contributed by atoms with Crippen LogP contribution in [0.1, 0.15) is 22.5 Å². The van der Waals surface area contributed by atoms with Crippen LogP contribution in [0.4, 0.5) is 10.5 Å². The third-order valence-electron chi connectivity index (χ3n) is 5.35. The zero-order valence-corrected chi connectivity index (χ0v) is 20.5. The summed E-state index contributed by atoms with van der Waals surface area (Å²) >= 11 is 8.44. The van der Waals surface area contributed by atoms with Crippen LogP contribution in [0.25, 0.3) is 11.8 Å². The Hall–Kier alpha value is -2.91. The largest absolute Gasteiger partial charge is 0.335 e.